The van der Waals surface area contributed by atoms with Crippen LogP contribution in [0.4, 0.5) is 0 Å². The molecule has 0 fully saturated rings. The number of benzene rings is 7. The predicted octanol–water partition coefficient (Wildman–Crippen LogP) is 13.9. The van der Waals surface area contributed by atoms with Gasteiger partial charge in [-0.3, -0.25) is 0 Å². The van der Waals surface area contributed by atoms with Crippen LogP contribution in [0.15, 0.2) is 188 Å². The second-order valence-electron chi connectivity index (χ2n) is 13.8. The molecule has 0 aliphatic carbocycles. The Morgan fingerprint density at radius 1 is 0.308 bits per heavy atom. The van der Waals surface area contributed by atoms with Crippen molar-refractivity contribution < 1.29 is 0 Å². The summed E-state index contributed by atoms with van der Waals surface area (Å²) in [7, 11) is 0. The topological polar surface area (TPSA) is 12.9 Å². The largest absolute Gasteiger partial charge is 0.248 e. The lowest BCUT2D eigenvalue weighted by Crippen LogP contribution is -1.91. The zero-order valence-corrected chi connectivity index (χ0v) is 29.6. The molecule has 8 aromatic rings. The molecule has 0 saturated heterocycles. The molecule has 0 atom stereocenters. The lowest BCUT2D eigenvalue weighted by atomic mass is 9.94. The van der Waals surface area contributed by atoms with Gasteiger partial charge in [-0.1, -0.05) is 177 Å². The van der Waals surface area contributed by atoms with E-state index in [0.717, 1.165) is 28.6 Å². The van der Waals surface area contributed by atoms with Crippen LogP contribution in [0, 0.1) is 0 Å². The molecule has 0 bridgehead atoms. The Labute approximate surface area is 308 Å². The predicted molar refractivity (Wildman–Crippen MR) is 221 cm³/mol. The summed E-state index contributed by atoms with van der Waals surface area (Å²) in [5.41, 5.74) is 15.7. The van der Waals surface area contributed by atoms with Gasteiger partial charge in [-0.05, 0) is 106 Å². The van der Waals surface area contributed by atoms with Gasteiger partial charge in [0.15, 0.2) is 0 Å². The molecule has 0 aliphatic heterocycles. The molecule has 1 nitrogen and oxygen atoms in total. The van der Waals surface area contributed by atoms with E-state index in [1.54, 1.807) is 0 Å². The number of aromatic nitrogens is 1. The van der Waals surface area contributed by atoms with E-state index in [-0.39, 0.29) is 0 Å². The minimum absolute atomic E-state index is 0.977. The maximum Gasteiger partial charge on any atom is 0.0716 e. The van der Waals surface area contributed by atoms with E-state index in [1.165, 1.54) is 87.7 Å². The van der Waals surface area contributed by atoms with Gasteiger partial charge in [0.2, 0.25) is 0 Å². The van der Waals surface area contributed by atoms with Gasteiger partial charge in [-0.25, -0.2) is 4.98 Å². The SMILES string of the molecule is c1ccc(CCCCCCc2cccc(-c3ccc(-c4cccc(-c5cc(-c6ccccc6)c6cc(-c7ccccc7)ccc6n5)c4)cc3)c2)cc1. The first-order chi connectivity index (χ1) is 25.8. The van der Waals surface area contributed by atoms with E-state index in [9.17, 15) is 0 Å². The van der Waals surface area contributed by atoms with Gasteiger partial charge in [0.05, 0.1) is 11.2 Å². The first-order valence-corrected chi connectivity index (χ1v) is 18.7. The summed E-state index contributed by atoms with van der Waals surface area (Å²) in [5.74, 6) is 0. The molecule has 1 heteroatoms. The summed E-state index contributed by atoms with van der Waals surface area (Å²) in [6, 6.07) is 67.9. The van der Waals surface area contributed by atoms with Crippen molar-refractivity contribution in [2.24, 2.45) is 0 Å². The van der Waals surface area contributed by atoms with Crippen LogP contribution in [-0.2, 0) is 12.8 Å². The third-order valence-electron chi connectivity index (χ3n) is 10.2. The molecule has 8 rings (SSSR count). The third-order valence-corrected chi connectivity index (χ3v) is 10.2. The zero-order valence-electron chi connectivity index (χ0n) is 29.6. The minimum atomic E-state index is 0.977. The van der Waals surface area contributed by atoms with E-state index in [1.807, 2.05) is 0 Å². The fourth-order valence-electron chi connectivity index (χ4n) is 7.32. The smallest absolute Gasteiger partial charge is 0.0716 e. The monoisotopic (exact) mass is 669 g/mol. The molecule has 1 heterocycles. The van der Waals surface area contributed by atoms with E-state index in [2.05, 4.69) is 188 Å². The molecule has 0 spiro atoms. The fourth-order valence-corrected chi connectivity index (χ4v) is 7.32. The van der Waals surface area contributed by atoms with Gasteiger partial charge in [0.1, 0.15) is 0 Å². The molecular weight excluding hydrogens is 627 g/mol. The second-order valence-corrected chi connectivity index (χ2v) is 13.8. The summed E-state index contributed by atoms with van der Waals surface area (Å²) in [6.45, 7) is 0. The number of aryl methyl sites for hydroxylation is 2. The summed E-state index contributed by atoms with van der Waals surface area (Å²) in [4.78, 5) is 5.21. The second kappa shape index (κ2) is 15.9. The molecule has 0 N–H and O–H groups in total. The highest BCUT2D eigenvalue weighted by Gasteiger charge is 2.12. The Kier molecular flexibility index (Phi) is 10.1. The quantitative estimate of drug-likeness (QED) is 0.118. The number of fused-ring (bicyclic) bond motifs is 1. The Bertz CT molecular complexity index is 2380. The number of rotatable bonds is 12. The third kappa shape index (κ3) is 7.80. The average Bonchev–Trinajstić information content (AvgIpc) is 3.23. The first kappa shape index (κ1) is 33.1. The summed E-state index contributed by atoms with van der Waals surface area (Å²) in [5, 5.41) is 1.16. The average molecular weight is 670 g/mol. The Morgan fingerprint density at radius 3 is 1.48 bits per heavy atom. The van der Waals surface area contributed by atoms with Gasteiger partial charge in [-0.15, -0.1) is 0 Å². The van der Waals surface area contributed by atoms with Crippen molar-refractivity contribution in [3.8, 4) is 55.8 Å². The minimum Gasteiger partial charge on any atom is -0.248 e. The number of nitrogens with zero attached hydrogens (tertiary/aromatic N) is 1. The van der Waals surface area contributed by atoms with Gasteiger partial charge in [0.25, 0.3) is 0 Å². The summed E-state index contributed by atoms with van der Waals surface area (Å²) >= 11 is 0. The lowest BCUT2D eigenvalue weighted by Gasteiger charge is -2.13. The van der Waals surface area contributed by atoms with Crippen molar-refractivity contribution in [2.45, 2.75) is 38.5 Å². The Morgan fingerprint density at radius 2 is 0.788 bits per heavy atom. The van der Waals surface area contributed by atoms with Crippen molar-refractivity contribution in [1.82, 2.24) is 4.98 Å². The fraction of sp³-hybridized carbons (Fsp3) is 0.118. The van der Waals surface area contributed by atoms with Crippen LogP contribution in [0.2, 0.25) is 0 Å². The Hall–Kier alpha value is -6.05. The molecule has 1 aromatic heterocycles. The maximum atomic E-state index is 5.21. The molecule has 0 saturated carbocycles. The van der Waals surface area contributed by atoms with E-state index < -0.39 is 0 Å². The lowest BCUT2D eigenvalue weighted by molar-refractivity contribution is 0.640. The highest BCUT2D eigenvalue weighted by Crippen LogP contribution is 2.36. The van der Waals surface area contributed by atoms with Crippen LogP contribution in [0.1, 0.15) is 36.8 Å². The van der Waals surface area contributed by atoms with Gasteiger partial charge in [-0.2, -0.15) is 0 Å². The van der Waals surface area contributed by atoms with Crippen molar-refractivity contribution in [1.29, 1.82) is 0 Å². The number of hydrogen-bond acceptors (Lipinski definition) is 1. The van der Waals surface area contributed by atoms with Crippen LogP contribution < -0.4 is 0 Å². The van der Waals surface area contributed by atoms with Crippen LogP contribution in [-0.4, -0.2) is 4.98 Å². The van der Waals surface area contributed by atoms with Crippen molar-refractivity contribution in [3.05, 3.63) is 199 Å². The number of pyridine rings is 1. The van der Waals surface area contributed by atoms with Gasteiger partial charge < -0.3 is 0 Å². The van der Waals surface area contributed by atoms with E-state index >= 15 is 0 Å². The standard InChI is InChI=1S/C51H43N/c1(6-16-38-17-8-3-9-18-38)2-7-19-39-20-14-25-44(34-39)41-28-30-42(31-29-41)45-26-15-27-47(35-45)51-37-48(43-23-12-5-13-24-43)49-36-46(32-33-50(49)52-51)40-21-10-4-11-22-40/h3-5,8-15,17-18,20-37H,1-2,6-7,16,19H2. The maximum absolute atomic E-state index is 5.21. The van der Waals surface area contributed by atoms with Gasteiger partial charge in [0, 0.05) is 10.9 Å². The highest BCUT2D eigenvalue weighted by atomic mass is 14.7. The zero-order chi connectivity index (χ0) is 35.0. The van der Waals surface area contributed by atoms with Crippen LogP contribution in [0.5, 0.6) is 0 Å². The van der Waals surface area contributed by atoms with Crippen molar-refractivity contribution in [2.75, 3.05) is 0 Å². The van der Waals surface area contributed by atoms with Crippen LogP contribution >= 0.6 is 0 Å². The van der Waals surface area contributed by atoms with Crippen molar-refractivity contribution in [3.63, 3.8) is 0 Å². The molecule has 252 valence electrons. The molecule has 52 heavy (non-hydrogen) atoms. The first-order valence-electron chi connectivity index (χ1n) is 18.7. The number of unbranched alkanes of at least 4 members (excludes halogenated alkanes) is 3. The highest BCUT2D eigenvalue weighted by molar-refractivity contribution is 5.99. The van der Waals surface area contributed by atoms with E-state index in [0.29, 0.717) is 0 Å². The molecule has 0 radical (unpaired) electrons. The molecule has 0 unspecified atom stereocenters. The molecular formula is C51H43N. The molecule has 0 amide bonds. The Balaban J connectivity index is 0.993. The van der Waals surface area contributed by atoms with Crippen LogP contribution in [0.3, 0.4) is 0 Å². The summed E-state index contributed by atoms with van der Waals surface area (Å²) in [6.07, 6.45) is 7.39. The van der Waals surface area contributed by atoms with Crippen molar-refractivity contribution >= 4 is 10.9 Å². The number of hydrogen-bond donors (Lipinski definition) is 0. The van der Waals surface area contributed by atoms with Gasteiger partial charge >= 0.3 is 0 Å². The summed E-state index contributed by atoms with van der Waals surface area (Å²) < 4.78 is 0. The van der Waals surface area contributed by atoms with E-state index in [4.69, 9.17) is 4.98 Å². The molecule has 0 aliphatic rings. The van der Waals surface area contributed by atoms with Crippen LogP contribution in [0.25, 0.3) is 66.7 Å². The molecule has 7 aromatic carbocycles. The normalized spacial score (nSPS) is 11.2.